The van der Waals surface area contributed by atoms with Crippen molar-refractivity contribution in [3.05, 3.63) is 39.3 Å². The number of thiazole rings is 1. The molecule has 1 aromatic heterocycles. The van der Waals surface area contributed by atoms with Crippen molar-refractivity contribution in [3.8, 4) is 10.6 Å². The molecule has 1 unspecified atom stereocenters. The van der Waals surface area contributed by atoms with Gasteiger partial charge in [0.2, 0.25) is 0 Å². The van der Waals surface area contributed by atoms with Gasteiger partial charge >= 0.3 is 0 Å². The maximum atomic E-state index is 6.20. The van der Waals surface area contributed by atoms with Crippen LogP contribution < -0.4 is 5.32 Å². The molecule has 2 aromatic rings. The summed E-state index contributed by atoms with van der Waals surface area (Å²) in [7, 11) is 0. The summed E-state index contributed by atoms with van der Waals surface area (Å²) < 4.78 is 0. The molecule has 0 saturated carbocycles. The zero-order valence-electron chi connectivity index (χ0n) is 10.9. The second kappa shape index (κ2) is 6.71. The van der Waals surface area contributed by atoms with Crippen molar-refractivity contribution in [1.29, 1.82) is 0 Å². The minimum atomic E-state index is 0.242. The summed E-state index contributed by atoms with van der Waals surface area (Å²) in [5.41, 5.74) is 1.86. The number of halogens is 2. The molecule has 0 saturated heterocycles. The van der Waals surface area contributed by atoms with Crippen molar-refractivity contribution >= 4 is 34.5 Å². The Morgan fingerprint density at radius 1 is 1.32 bits per heavy atom. The fourth-order valence-electron chi connectivity index (χ4n) is 1.77. The predicted octanol–water partition coefficient (Wildman–Crippen LogP) is 5.18. The molecule has 2 rings (SSSR count). The van der Waals surface area contributed by atoms with Gasteiger partial charge in [0.05, 0.1) is 15.7 Å². The maximum Gasteiger partial charge on any atom is 0.126 e. The number of rotatable bonds is 5. The minimum absolute atomic E-state index is 0.242. The summed E-state index contributed by atoms with van der Waals surface area (Å²) in [6.07, 6.45) is 1.11. The zero-order valence-corrected chi connectivity index (χ0v) is 13.2. The summed E-state index contributed by atoms with van der Waals surface area (Å²) in [5, 5.41) is 7.63. The topological polar surface area (TPSA) is 24.9 Å². The second-order valence-corrected chi connectivity index (χ2v) is 6.02. The van der Waals surface area contributed by atoms with E-state index >= 15 is 0 Å². The lowest BCUT2D eigenvalue weighted by Crippen LogP contribution is -2.19. The van der Waals surface area contributed by atoms with E-state index in [9.17, 15) is 0 Å². The Bertz CT molecular complexity index is 534. The fraction of sp³-hybridized carbons (Fsp3) is 0.357. The van der Waals surface area contributed by atoms with Gasteiger partial charge < -0.3 is 5.32 Å². The molecule has 1 heterocycles. The quantitative estimate of drug-likeness (QED) is 0.822. The van der Waals surface area contributed by atoms with Crippen LogP contribution in [0.1, 0.15) is 32.0 Å². The molecule has 19 heavy (non-hydrogen) atoms. The number of nitrogens with zero attached hydrogens (tertiary/aromatic N) is 1. The highest BCUT2D eigenvalue weighted by Gasteiger charge is 2.14. The second-order valence-electron chi connectivity index (χ2n) is 4.35. The number of hydrogen-bond donors (Lipinski definition) is 1. The molecule has 0 radical (unpaired) electrons. The SMILES string of the molecule is CCCNC(C)c1csc(-c2c(Cl)cccc2Cl)n1. The molecule has 0 aliphatic rings. The van der Waals surface area contributed by atoms with Crippen LogP contribution in [0.25, 0.3) is 10.6 Å². The van der Waals surface area contributed by atoms with Gasteiger partial charge in [-0.25, -0.2) is 4.98 Å². The lowest BCUT2D eigenvalue weighted by molar-refractivity contribution is 0.561. The molecular weight excluding hydrogens is 299 g/mol. The summed E-state index contributed by atoms with van der Waals surface area (Å²) >= 11 is 14.0. The normalized spacial score (nSPS) is 12.6. The van der Waals surface area contributed by atoms with Gasteiger partial charge in [-0.2, -0.15) is 0 Å². The highest BCUT2D eigenvalue weighted by atomic mass is 35.5. The van der Waals surface area contributed by atoms with Crippen molar-refractivity contribution in [2.24, 2.45) is 0 Å². The Morgan fingerprint density at radius 2 is 2.00 bits per heavy atom. The lowest BCUT2D eigenvalue weighted by atomic mass is 10.2. The molecular formula is C14H16Cl2N2S. The third-order valence-electron chi connectivity index (χ3n) is 2.84. The molecule has 0 fully saturated rings. The van der Waals surface area contributed by atoms with Crippen LogP contribution in [0.15, 0.2) is 23.6 Å². The van der Waals surface area contributed by atoms with Gasteiger partial charge in [0.15, 0.2) is 0 Å². The van der Waals surface area contributed by atoms with Gasteiger partial charge in [-0.15, -0.1) is 11.3 Å². The van der Waals surface area contributed by atoms with Crippen LogP contribution in [-0.4, -0.2) is 11.5 Å². The summed E-state index contributed by atoms with van der Waals surface area (Å²) in [6.45, 7) is 5.25. The van der Waals surface area contributed by atoms with Crippen LogP contribution in [0, 0.1) is 0 Å². The number of nitrogens with one attached hydrogen (secondary N) is 1. The number of aromatic nitrogens is 1. The van der Waals surface area contributed by atoms with Gasteiger partial charge in [-0.3, -0.25) is 0 Å². The third kappa shape index (κ3) is 3.48. The molecule has 1 aromatic carbocycles. The highest BCUT2D eigenvalue weighted by molar-refractivity contribution is 7.13. The zero-order chi connectivity index (χ0) is 13.8. The largest absolute Gasteiger partial charge is 0.309 e. The Hall–Kier alpha value is -0.610. The minimum Gasteiger partial charge on any atom is -0.309 e. The first-order valence-electron chi connectivity index (χ1n) is 6.26. The van der Waals surface area contributed by atoms with Crippen LogP contribution >= 0.6 is 34.5 Å². The van der Waals surface area contributed by atoms with Gasteiger partial charge in [-0.1, -0.05) is 36.2 Å². The van der Waals surface area contributed by atoms with Crippen molar-refractivity contribution in [3.63, 3.8) is 0 Å². The number of hydrogen-bond acceptors (Lipinski definition) is 3. The van der Waals surface area contributed by atoms with E-state index in [1.807, 2.05) is 18.2 Å². The van der Waals surface area contributed by atoms with Gasteiger partial charge in [0.1, 0.15) is 5.01 Å². The molecule has 0 spiro atoms. The Kier molecular flexibility index (Phi) is 5.22. The van der Waals surface area contributed by atoms with Crippen molar-refractivity contribution in [2.45, 2.75) is 26.3 Å². The molecule has 0 amide bonds. The molecule has 2 nitrogen and oxygen atoms in total. The molecule has 5 heteroatoms. The molecule has 102 valence electrons. The molecule has 0 bridgehead atoms. The predicted molar refractivity (Wildman–Crippen MR) is 84.3 cm³/mol. The first-order chi connectivity index (χ1) is 9.13. The summed E-state index contributed by atoms with van der Waals surface area (Å²) in [5.74, 6) is 0. The fourth-order valence-corrected chi connectivity index (χ4v) is 3.44. The highest BCUT2D eigenvalue weighted by Crippen LogP contribution is 2.36. The average molecular weight is 315 g/mol. The molecule has 1 atom stereocenters. The smallest absolute Gasteiger partial charge is 0.126 e. The van der Waals surface area contributed by atoms with Crippen LogP contribution in [0.3, 0.4) is 0 Å². The average Bonchev–Trinajstić information content (AvgIpc) is 2.85. The molecule has 1 N–H and O–H groups in total. The van der Waals surface area contributed by atoms with E-state index in [2.05, 4.69) is 29.5 Å². The van der Waals surface area contributed by atoms with E-state index < -0.39 is 0 Å². The van der Waals surface area contributed by atoms with Gasteiger partial charge in [0.25, 0.3) is 0 Å². The van der Waals surface area contributed by atoms with E-state index in [0.717, 1.165) is 29.2 Å². The van der Waals surface area contributed by atoms with Crippen LogP contribution in [-0.2, 0) is 0 Å². The van der Waals surface area contributed by atoms with Gasteiger partial charge in [0, 0.05) is 17.0 Å². The molecule has 0 aliphatic heterocycles. The third-order valence-corrected chi connectivity index (χ3v) is 4.35. The summed E-state index contributed by atoms with van der Waals surface area (Å²) in [6, 6.07) is 5.76. The maximum absolute atomic E-state index is 6.20. The number of benzene rings is 1. The Balaban J connectivity index is 2.26. The Labute approximate surface area is 127 Å². The van der Waals surface area contributed by atoms with E-state index in [1.165, 1.54) is 0 Å². The van der Waals surface area contributed by atoms with E-state index in [1.54, 1.807) is 11.3 Å². The molecule has 0 aliphatic carbocycles. The first-order valence-corrected chi connectivity index (χ1v) is 7.90. The summed E-state index contributed by atoms with van der Waals surface area (Å²) in [4.78, 5) is 4.64. The van der Waals surface area contributed by atoms with E-state index in [4.69, 9.17) is 23.2 Å². The van der Waals surface area contributed by atoms with Crippen LogP contribution in [0.5, 0.6) is 0 Å². The van der Waals surface area contributed by atoms with E-state index in [-0.39, 0.29) is 6.04 Å². The van der Waals surface area contributed by atoms with Crippen LogP contribution in [0.2, 0.25) is 10.0 Å². The first kappa shape index (κ1) is 14.8. The lowest BCUT2D eigenvalue weighted by Gasteiger charge is -2.09. The van der Waals surface area contributed by atoms with Crippen LogP contribution in [0.4, 0.5) is 0 Å². The standard InChI is InChI=1S/C14H16Cl2N2S/c1-3-7-17-9(2)12-8-19-14(18-12)13-10(15)5-4-6-11(13)16/h4-6,8-9,17H,3,7H2,1-2H3. The van der Waals surface area contributed by atoms with Gasteiger partial charge in [-0.05, 0) is 32.0 Å². The van der Waals surface area contributed by atoms with Crippen molar-refractivity contribution in [1.82, 2.24) is 10.3 Å². The Morgan fingerprint density at radius 3 is 2.63 bits per heavy atom. The van der Waals surface area contributed by atoms with E-state index in [0.29, 0.717) is 10.0 Å². The van der Waals surface area contributed by atoms with Crippen molar-refractivity contribution < 1.29 is 0 Å². The monoisotopic (exact) mass is 314 g/mol. The van der Waals surface area contributed by atoms with Crippen molar-refractivity contribution in [2.75, 3.05) is 6.54 Å².